The number of hydrogen-bond acceptors (Lipinski definition) is 5. The van der Waals surface area contributed by atoms with E-state index in [4.69, 9.17) is 0 Å². The van der Waals surface area contributed by atoms with E-state index < -0.39 is 10.0 Å². The fourth-order valence-corrected chi connectivity index (χ4v) is 4.50. The molecule has 2 rings (SSSR count). The third-order valence-corrected chi connectivity index (χ3v) is 6.63. The number of amides is 1. The summed E-state index contributed by atoms with van der Waals surface area (Å²) in [6.07, 6.45) is 3.07. The summed E-state index contributed by atoms with van der Waals surface area (Å²) in [5, 5.41) is 2.86. The molecule has 0 fully saturated rings. The molecule has 0 aliphatic rings. The Balaban J connectivity index is 2.51. The predicted molar refractivity (Wildman–Crippen MR) is 112 cm³/mol. The van der Waals surface area contributed by atoms with E-state index in [1.54, 1.807) is 44.3 Å². The van der Waals surface area contributed by atoms with E-state index in [1.165, 1.54) is 16.6 Å². The first-order valence-electron chi connectivity index (χ1n) is 9.49. The highest BCUT2D eigenvalue weighted by atomic mass is 32.2. The molecule has 1 amide bonds. The number of pyridine rings is 1. The zero-order chi connectivity index (χ0) is 20.7. The lowest BCUT2D eigenvalue weighted by molar-refractivity contribution is 0.102. The number of nitrogens with zero attached hydrogens (tertiary/aromatic N) is 3. The molecule has 1 aromatic carbocycles. The molecule has 0 aliphatic carbocycles. The van der Waals surface area contributed by atoms with E-state index in [2.05, 4.69) is 15.2 Å². The summed E-state index contributed by atoms with van der Waals surface area (Å²) < 4.78 is 27.2. The highest BCUT2D eigenvalue weighted by molar-refractivity contribution is 7.89. The quantitative estimate of drug-likeness (QED) is 0.694. The summed E-state index contributed by atoms with van der Waals surface area (Å²) >= 11 is 0. The largest absolute Gasteiger partial charge is 0.370 e. The second kappa shape index (κ2) is 9.66. The lowest BCUT2D eigenvalue weighted by Crippen LogP contribution is -2.31. The SMILES string of the molecule is CCN(CC)c1ccc(S(=O)(=O)N(CC)CC)cc1NC(=O)c1cccnc1. The second-order valence-corrected chi connectivity index (χ2v) is 8.07. The third-order valence-electron chi connectivity index (χ3n) is 4.59. The molecule has 0 bridgehead atoms. The average molecular weight is 405 g/mol. The molecule has 0 saturated heterocycles. The van der Waals surface area contributed by atoms with Gasteiger partial charge in [0.25, 0.3) is 5.91 Å². The second-order valence-electron chi connectivity index (χ2n) is 6.14. The molecule has 152 valence electrons. The van der Waals surface area contributed by atoms with Crippen molar-refractivity contribution in [3.05, 3.63) is 48.3 Å². The molecule has 0 aliphatic heterocycles. The van der Waals surface area contributed by atoms with Crippen molar-refractivity contribution in [3.8, 4) is 0 Å². The topological polar surface area (TPSA) is 82.6 Å². The van der Waals surface area contributed by atoms with Gasteiger partial charge in [-0.25, -0.2) is 8.42 Å². The van der Waals surface area contributed by atoms with Crippen LogP contribution in [-0.2, 0) is 10.0 Å². The van der Waals surface area contributed by atoms with E-state index in [1.807, 2.05) is 13.8 Å². The van der Waals surface area contributed by atoms with Gasteiger partial charge in [-0.3, -0.25) is 9.78 Å². The maximum Gasteiger partial charge on any atom is 0.257 e. The number of carbonyl (C=O) groups excluding carboxylic acids is 1. The molecule has 0 saturated carbocycles. The number of aromatic nitrogens is 1. The van der Waals surface area contributed by atoms with Crippen molar-refractivity contribution in [1.29, 1.82) is 0 Å². The van der Waals surface area contributed by atoms with E-state index in [9.17, 15) is 13.2 Å². The van der Waals surface area contributed by atoms with Crippen LogP contribution in [0, 0.1) is 0 Å². The maximum atomic E-state index is 12.9. The molecule has 8 heteroatoms. The number of hydrogen-bond donors (Lipinski definition) is 1. The third kappa shape index (κ3) is 4.69. The summed E-state index contributed by atoms with van der Waals surface area (Å²) in [5.74, 6) is -0.334. The van der Waals surface area contributed by atoms with Crippen molar-refractivity contribution in [2.45, 2.75) is 32.6 Å². The Kier molecular flexibility index (Phi) is 7.53. The van der Waals surface area contributed by atoms with Crippen LogP contribution in [0.15, 0.2) is 47.6 Å². The fourth-order valence-electron chi connectivity index (χ4n) is 3.02. The minimum absolute atomic E-state index is 0.161. The van der Waals surface area contributed by atoms with Crippen molar-refractivity contribution < 1.29 is 13.2 Å². The van der Waals surface area contributed by atoms with Gasteiger partial charge in [-0.2, -0.15) is 4.31 Å². The lowest BCUT2D eigenvalue weighted by atomic mass is 10.2. The van der Waals surface area contributed by atoms with Crippen LogP contribution in [0.1, 0.15) is 38.1 Å². The number of nitrogens with one attached hydrogen (secondary N) is 1. The minimum Gasteiger partial charge on any atom is -0.370 e. The Bertz CT molecular complexity index is 893. The van der Waals surface area contributed by atoms with Gasteiger partial charge < -0.3 is 10.2 Å². The number of carbonyl (C=O) groups is 1. The van der Waals surface area contributed by atoms with E-state index in [0.717, 1.165) is 18.8 Å². The van der Waals surface area contributed by atoms with Crippen LogP contribution < -0.4 is 10.2 Å². The van der Waals surface area contributed by atoms with Crippen molar-refractivity contribution in [3.63, 3.8) is 0 Å². The van der Waals surface area contributed by atoms with Gasteiger partial charge in [0, 0.05) is 38.6 Å². The first-order chi connectivity index (χ1) is 13.4. The maximum absolute atomic E-state index is 12.9. The minimum atomic E-state index is -3.63. The van der Waals surface area contributed by atoms with Crippen molar-refractivity contribution in [2.75, 3.05) is 36.4 Å². The summed E-state index contributed by atoms with van der Waals surface area (Å²) in [6.45, 7) is 9.85. The first-order valence-corrected chi connectivity index (χ1v) is 10.9. The van der Waals surface area contributed by atoms with Crippen LogP contribution in [0.4, 0.5) is 11.4 Å². The van der Waals surface area contributed by atoms with Crippen LogP contribution in [0.25, 0.3) is 0 Å². The van der Waals surface area contributed by atoms with Crippen LogP contribution in [0.2, 0.25) is 0 Å². The van der Waals surface area contributed by atoms with Gasteiger partial charge in [0.05, 0.1) is 21.8 Å². The molecule has 0 unspecified atom stereocenters. The molecule has 0 atom stereocenters. The van der Waals surface area contributed by atoms with Gasteiger partial charge in [0.1, 0.15) is 0 Å². The number of benzene rings is 1. The van der Waals surface area contributed by atoms with Crippen molar-refractivity contribution in [1.82, 2.24) is 9.29 Å². The molecule has 0 spiro atoms. The van der Waals surface area contributed by atoms with Crippen LogP contribution in [-0.4, -0.2) is 49.8 Å². The molecule has 0 radical (unpaired) electrons. The highest BCUT2D eigenvalue weighted by Crippen LogP contribution is 2.30. The number of sulfonamides is 1. The molecule has 1 N–H and O–H groups in total. The molecule has 2 aromatic rings. The number of anilines is 2. The predicted octanol–water partition coefficient (Wildman–Crippen LogP) is 3.21. The van der Waals surface area contributed by atoms with E-state index in [0.29, 0.717) is 24.3 Å². The van der Waals surface area contributed by atoms with Crippen molar-refractivity contribution >= 4 is 27.3 Å². The Morgan fingerprint density at radius 3 is 2.25 bits per heavy atom. The summed E-state index contributed by atoms with van der Waals surface area (Å²) in [4.78, 5) is 18.8. The summed E-state index contributed by atoms with van der Waals surface area (Å²) in [5.41, 5.74) is 1.65. The average Bonchev–Trinajstić information content (AvgIpc) is 2.71. The Morgan fingerprint density at radius 2 is 1.71 bits per heavy atom. The lowest BCUT2D eigenvalue weighted by Gasteiger charge is -2.26. The van der Waals surface area contributed by atoms with Gasteiger partial charge >= 0.3 is 0 Å². The standard InChI is InChI=1S/C20H28N4O3S/c1-5-23(6-2)19-12-11-17(28(26,27)24(7-3)8-4)14-18(19)22-20(25)16-10-9-13-21-15-16/h9-15H,5-8H2,1-4H3,(H,22,25). The van der Waals surface area contributed by atoms with Gasteiger partial charge in [-0.1, -0.05) is 13.8 Å². The van der Waals surface area contributed by atoms with Crippen LogP contribution >= 0.6 is 0 Å². The molecular weight excluding hydrogens is 376 g/mol. The molecular formula is C20H28N4O3S. The molecule has 28 heavy (non-hydrogen) atoms. The Labute approximate surface area is 167 Å². The molecule has 7 nitrogen and oxygen atoms in total. The summed E-state index contributed by atoms with van der Waals surface area (Å²) in [6, 6.07) is 8.23. The number of rotatable bonds is 9. The van der Waals surface area contributed by atoms with Crippen molar-refractivity contribution in [2.24, 2.45) is 0 Å². The van der Waals surface area contributed by atoms with Gasteiger partial charge in [-0.05, 0) is 44.2 Å². The summed E-state index contributed by atoms with van der Waals surface area (Å²) in [7, 11) is -3.63. The highest BCUT2D eigenvalue weighted by Gasteiger charge is 2.24. The zero-order valence-corrected chi connectivity index (χ0v) is 17.7. The zero-order valence-electron chi connectivity index (χ0n) is 16.8. The van der Waals surface area contributed by atoms with E-state index in [-0.39, 0.29) is 10.8 Å². The Hall–Kier alpha value is -2.45. The fraction of sp³-hybridized carbons (Fsp3) is 0.400. The van der Waals surface area contributed by atoms with E-state index >= 15 is 0 Å². The first kappa shape index (κ1) is 21.8. The van der Waals surface area contributed by atoms with Gasteiger partial charge in [0.15, 0.2) is 0 Å². The van der Waals surface area contributed by atoms with Gasteiger partial charge in [-0.15, -0.1) is 0 Å². The molecule has 1 aromatic heterocycles. The normalized spacial score (nSPS) is 11.5. The smallest absolute Gasteiger partial charge is 0.257 e. The van der Waals surface area contributed by atoms with Crippen LogP contribution in [0.3, 0.4) is 0 Å². The van der Waals surface area contributed by atoms with Crippen LogP contribution in [0.5, 0.6) is 0 Å². The molecule has 1 heterocycles. The monoisotopic (exact) mass is 404 g/mol. The Morgan fingerprint density at radius 1 is 1.04 bits per heavy atom. The van der Waals surface area contributed by atoms with Gasteiger partial charge in [0.2, 0.25) is 10.0 Å².